The smallest absolute Gasteiger partial charge is 0.237 e. The Morgan fingerprint density at radius 1 is 1.27 bits per heavy atom. The summed E-state index contributed by atoms with van der Waals surface area (Å²) in [6.07, 6.45) is 6.21. The molecular weight excluding hydrogens is 296 g/mol. The van der Waals surface area contributed by atoms with Crippen LogP contribution in [-0.4, -0.2) is 24.5 Å². The molecule has 122 valence electrons. The van der Waals surface area contributed by atoms with E-state index in [1.807, 2.05) is 6.07 Å². The van der Waals surface area contributed by atoms with E-state index in [1.165, 1.54) is 31.2 Å². The van der Waals surface area contributed by atoms with E-state index in [9.17, 15) is 4.79 Å². The van der Waals surface area contributed by atoms with Crippen LogP contribution >= 0.6 is 12.4 Å². The molecule has 3 nitrogen and oxygen atoms in total. The van der Waals surface area contributed by atoms with Gasteiger partial charge >= 0.3 is 0 Å². The van der Waals surface area contributed by atoms with Crippen LogP contribution in [0.1, 0.15) is 50.5 Å². The molecule has 1 aromatic carbocycles. The van der Waals surface area contributed by atoms with Crippen LogP contribution < -0.4 is 10.6 Å². The van der Waals surface area contributed by atoms with Gasteiger partial charge in [0.15, 0.2) is 0 Å². The predicted octanol–water partition coefficient (Wildman–Crippen LogP) is 3.25. The standard InChI is InChI=1S/C18H26N2O.ClH/c1-13(14-7-3-2-4-8-14)12-19-18(21)17-11-15-9-5-6-10-16(15)20-17;/h2-4,7-8,13,15-17,20H,5-6,9-12H2,1H3,(H,19,21);1H. The van der Waals surface area contributed by atoms with Gasteiger partial charge < -0.3 is 10.6 Å². The van der Waals surface area contributed by atoms with Crippen LogP contribution in [0.4, 0.5) is 0 Å². The molecular formula is C18H27ClN2O. The number of hydrogen-bond donors (Lipinski definition) is 2. The molecule has 1 saturated heterocycles. The minimum atomic E-state index is 0. The fraction of sp³-hybridized carbons (Fsp3) is 0.611. The quantitative estimate of drug-likeness (QED) is 0.893. The van der Waals surface area contributed by atoms with Gasteiger partial charge in [0, 0.05) is 12.6 Å². The molecule has 1 amide bonds. The van der Waals surface area contributed by atoms with Crippen molar-refractivity contribution in [1.82, 2.24) is 10.6 Å². The average Bonchev–Trinajstić information content (AvgIpc) is 2.97. The maximum atomic E-state index is 12.4. The second kappa shape index (κ2) is 7.98. The molecule has 4 unspecified atom stereocenters. The largest absolute Gasteiger partial charge is 0.354 e. The van der Waals surface area contributed by atoms with E-state index < -0.39 is 0 Å². The second-order valence-corrected chi connectivity index (χ2v) is 6.66. The topological polar surface area (TPSA) is 41.1 Å². The summed E-state index contributed by atoms with van der Waals surface area (Å²) >= 11 is 0. The molecule has 0 bridgehead atoms. The van der Waals surface area contributed by atoms with Crippen LogP contribution in [-0.2, 0) is 4.79 Å². The Kier molecular flexibility index (Phi) is 6.27. The van der Waals surface area contributed by atoms with Gasteiger partial charge in [-0.05, 0) is 36.7 Å². The van der Waals surface area contributed by atoms with Crippen molar-refractivity contribution in [2.45, 2.75) is 57.0 Å². The van der Waals surface area contributed by atoms with Gasteiger partial charge in [-0.1, -0.05) is 50.1 Å². The van der Waals surface area contributed by atoms with Crippen LogP contribution in [0, 0.1) is 5.92 Å². The maximum absolute atomic E-state index is 12.4. The molecule has 2 aliphatic rings. The number of hydrogen-bond acceptors (Lipinski definition) is 2. The van der Waals surface area contributed by atoms with Crippen LogP contribution in [0.5, 0.6) is 0 Å². The summed E-state index contributed by atoms with van der Waals surface area (Å²) in [6, 6.07) is 11.0. The van der Waals surface area contributed by atoms with Gasteiger partial charge in [0.2, 0.25) is 5.91 Å². The Hall–Kier alpha value is -1.06. The maximum Gasteiger partial charge on any atom is 0.237 e. The zero-order valence-corrected chi connectivity index (χ0v) is 14.1. The first kappa shape index (κ1) is 17.3. The first-order chi connectivity index (χ1) is 10.2. The minimum absolute atomic E-state index is 0. The third-order valence-electron chi connectivity index (χ3n) is 5.13. The number of halogens is 1. The first-order valence-corrected chi connectivity index (χ1v) is 8.32. The van der Waals surface area contributed by atoms with E-state index >= 15 is 0 Å². The van der Waals surface area contributed by atoms with Gasteiger partial charge in [-0.15, -0.1) is 12.4 Å². The fourth-order valence-corrected chi connectivity index (χ4v) is 3.80. The fourth-order valence-electron chi connectivity index (χ4n) is 3.80. The van der Waals surface area contributed by atoms with Crippen molar-refractivity contribution >= 4 is 18.3 Å². The van der Waals surface area contributed by atoms with E-state index in [0.29, 0.717) is 12.0 Å². The van der Waals surface area contributed by atoms with Crippen LogP contribution in [0.15, 0.2) is 30.3 Å². The number of carbonyl (C=O) groups excluding carboxylic acids is 1. The number of fused-ring (bicyclic) bond motifs is 1. The molecule has 0 spiro atoms. The lowest BCUT2D eigenvalue weighted by atomic mass is 9.85. The zero-order chi connectivity index (χ0) is 14.7. The van der Waals surface area contributed by atoms with Gasteiger partial charge in [0.05, 0.1) is 6.04 Å². The molecule has 2 N–H and O–H groups in total. The molecule has 1 aliphatic heterocycles. The summed E-state index contributed by atoms with van der Waals surface area (Å²) in [4.78, 5) is 12.4. The molecule has 0 aromatic heterocycles. The van der Waals surface area contributed by atoms with Crippen molar-refractivity contribution in [1.29, 1.82) is 0 Å². The molecule has 1 aliphatic carbocycles. The van der Waals surface area contributed by atoms with Gasteiger partial charge in [-0.3, -0.25) is 4.79 Å². The second-order valence-electron chi connectivity index (χ2n) is 6.66. The normalized spacial score (nSPS) is 28.3. The molecule has 4 heteroatoms. The highest BCUT2D eigenvalue weighted by Crippen LogP contribution is 2.33. The first-order valence-electron chi connectivity index (χ1n) is 8.32. The molecule has 3 rings (SSSR count). The molecule has 22 heavy (non-hydrogen) atoms. The number of rotatable bonds is 4. The Morgan fingerprint density at radius 2 is 2.00 bits per heavy atom. The lowest BCUT2D eigenvalue weighted by molar-refractivity contribution is -0.122. The Bertz CT molecular complexity index is 465. The van der Waals surface area contributed by atoms with E-state index in [1.54, 1.807) is 0 Å². The summed E-state index contributed by atoms with van der Waals surface area (Å²) < 4.78 is 0. The Morgan fingerprint density at radius 3 is 2.73 bits per heavy atom. The highest BCUT2D eigenvalue weighted by Gasteiger charge is 2.38. The third-order valence-corrected chi connectivity index (χ3v) is 5.13. The van der Waals surface area contributed by atoms with Gasteiger partial charge in [0.25, 0.3) is 0 Å². The number of nitrogens with one attached hydrogen (secondary N) is 2. The number of carbonyl (C=O) groups is 1. The van der Waals surface area contributed by atoms with E-state index in [0.717, 1.165) is 18.9 Å². The lowest BCUT2D eigenvalue weighted by Crippen LogP contribution is -2.44. The molecule has 4 atom stereocenters. The van der Waals surface area contributed by atoms with Crippen molar-refractivity contribution in [3.05, 3.63) is 35.9 Å². The molecule has 2 fully saturated rings. The van der Waals surface area contributed by atoms with E-state index in [-0.39, 0.29) is 24.4 Å². The summed E-state index contributed by atoms with van der Waals surface area (Å²) in [5.41, 5.74) is 1.28. The molecule has 1 heterocycles. The lowest BCUT2D eigenvalue weighted by Gasteiger charge is -2.24. The van der Waals surface area contributed by atoms with Crippen molar-refractivity contribution in [3.8, 4) is 0 Å². The highest BCUT2D eigenvalue weighted by molar-refractivity contribution is 5.85. The molecule has 0 radical (unpaired) electrons. The highest BCUT2D eigenvalue weighted by atomic mass is 35.5. The summed E-state index contributed by atoms with van der Waals surface area (Å²) in [6.45, 7) is 2.88. The summed E-state index contributed by atoms with van der Waals surface area (Å²) in [7, 11) is 0. The van der Waals surface area contributed by atoms with Crippen LogP contribution in [0.2, 0.25) is 0 Å². The van der Waals surface area contributed by atoms with Crippen LogP contribution in [0.25, 0.3) is 0 Å². The number of amides is 1. The Balaban J connectivity index is 0.00000176. The Labute approximate surface area is 139 Å². The third kappa shape index (κ3) is 4.02. The SMILES string of the molecule is CC(CNC(=O)C1CC2CCCCC2N1)c1ccccc1.Cl. The zero-order valence-electron chi connectivity index (χ0n) is 13.3. The molecule has 1 aromatic rings. The summed E-state index contributed by atoms with van der Waals surface area (Å²) in [5.74, 6) is 1.27. The van der Waals surface area contributed by atoms with Crippen molar-refractivity contribution < 1.29 is 4.79 Å². The van der Waals surface area contributed by atoms with Gasteiger partial charge in [-0.25, -0.2) is 0 Å². The van der Waals surface area contributed by atoms with Crippen LogP contribution in [0.3, 0.4) is 0 Å². The van der Waals surface area contributed by atoms with E-state index in [4.69, 9.17) is 0 Å². The average molecular weight is 323 g/mol. The van der Waals surface area contributed by atoms with Crippen molar-refractivity contribution in [3.63, 3.8) is 0 Å². The minimum Gasteiger partial charge on any atom is -0.354 e. The number of benzene rings is 1. The van der Waals surface area contributed by atoms with Crippen molar-refractivity contribution in [2.24, 2.45) is 5.92 Å². The molecule has 1 saturated carbocycles. The summed E-state index contributed by atoms with van der Waals surface area (Å²) in [5, 5.41) is 6.68. The monoisotopic (exact) mass is 322 g/mol. The van der Waals surface area contributed by atoms with Gasteiger partial charge in [0.1, 0.15) is 0 Å². The van der Waals surface area contributed by atoms with E-state index in [2.05, 4.69) is 41.8 Å². The predicted molar refractivity (Wildman–Crippen MR) is 92.4 cm³/mol. The van der Waals surface area contributed by atoms with Gasteiger partial charge in [-0.2, -0.15) is 0 Å². The van der Waals surface area contributed by atoms with Crippen molar-refractivity contribution in [2.75, 3.05) is 6.54 Å².